The third-order valence-corrected chi connectivity index (χ3v) is 9.16. The summed E-state index contributed by atoms with van der Waals surface area (Å²) in [5, 5.41) is 0.665. The molecule has 1 aromatic heterocycles. The van der Waals surface area contributed by atoms with Crippen LogP contribution in [0, 0.1) is 5.92 Å². The lowest BCUT2D eigenvalue weighted by molar-refractivity contribution is 0.00286. The van der Waals surface area contributed by atoms with E-state index < -0.39 is 0 Å². The largest absolute Gasteiger partial charge is 0.303 e. The molecule has 1 aliphatic heterocycles. The van der Waals surface area contributed by atoms with Crippen LogP contribution in [-0.4, -0.2) is 34.1 Å². The lowest BCUT2D eigenvalue weighted by Crippen LogP contribution is -2.59. The van der Waals surface area contributed by atoms with Gasteiger partial charge in [-0.3, -0.25) is 9.36 Å². The maximum Gasteiger partial charge on any atom is 0.266 e. The van der Waals surface area contributed by atoms with Crippen LogP contribution in [0.2, 0.25) is 0 Å². The maximum atomic E-state index is 13.9. The van der Waals surface area contributed by atoms with Crippen molar-refractivity contribution in [1.82, 2.24) is 14.5 Å². The van der Waals surface area contributed by atoms with Crippen molar-refractivity contribution < 1.29 is 0 Å². The Bertz CT molecular complexity index is 1490. The number of para-hydroxylation sites is 1. The number of fused-ring (bicyclic) bond motifs is 2. The summed E-state index contributed by atoms with van der Waals surface area (Å²) in [6.45, 7) is 1.16. The topological polar surface area (TPSA) is 38.1 Å². The second kappa shape index (κ2) is 7.89. The molecule has 1 saturated carbocycles. The fraction of sp³-hybridized carbons (Fsp3) is 0.355. The number of aromatic nitrogens is 2. The highest BCUT2D eigenvalue weighted by Gasteiger charge is 2.53. The van der Waals surface area contributed by atoms with Gasteiger partial charge in [0.15, 0.2) is 0 Å². The van der Waals surface area contributed by atoms with Gasteiger partial charge in [-0.25, -0.2) is 4.98 Å². The summed E-state index contributed by atoms with van der Waals surface area (Å²) in [7, 11) is 2.31. The van der Waals surface area contributed by atoms with E-state index in [1.54, 1.807) is 0 Å². The van der Waals surface area contributed by atoms with Crippen molar-refractivity contribution in [3.63, 3.8) is 0 Å². The van der Waals surface area contributed by atoms with Crippen LogP contribution in [0.15, 0.2) is 77.6 Å². The number of hydrogen-bond donors (Lipinski definition) is 0. The molecule has 1 saturated heterocycles. The molecule has 2 bridgehead atoms. The van der Waals surface area contributed by atoms with E-state index in [1.807, 2.05) is 59.2 Å². The van der Waals surface area contributed by atoms with Crippen LogP contribution in [-0.2, 0) is 11.8 Å². The average molecular weight is 462 g/mol. The van der Waals surface area contributed by atoms with Crippen molar-refractivity contribution in [2.45, 2.75) is 50.0 Å². The minimum absolute atomic E-state index is 0.00385. The number of piperidine rings is 1. The molecule has 35 heavy (non-hydrogen) atoms. The number of likely N-dealkylation sites (tertiary alicyclic amines) is 1. The van der Waals surface area contributed by atoms with Crippen LogP contribution in [0.25, 0.3) is 28.0 Å². The Morgan fingerprint density at radius 2 is 1.77 bits per heavy atom. The van der Waals surface area contributed by atoms with E-state index in [9.17, 15) is 4.79 Å². The molecule has 0 radical (unpaired) electrons. The predicted molar refractivity (Wildman–Crippen MR) is 141 cm³/mol. The average Bonchev–Trinajstić information content (AvgIpc) is 2.91. The summed E-state index contributed by atoms with van der Waals surface area (Å²) < 4.78 is 1.85. The van der Waals surface area contributed by atoms with Gasteiger partial charge in [-0.05, 0) is 80.6 Å². The van der Waals surface area contributed by atoms with Gasteiger partial charge in [0.25, 0.3) is 5.56 Å². The molecule has 0 amide bonds. The summed E-state index contributed by atoms with van der Waals surface area (Å²) in [5.74, 6) is 1.43. The second-order valence-electron chi connectivity index (χ2n) is 10.8. The third-order valence-electron chi connectivity index (χ3n) is 9.16. The van der Waals surface area contributed by atoms with Crippen LogP contribution >= 0.6 is 0 Å². The van der Waals surface area contributed by atoms with Gasteiger partial charge >= 0.3 is 0 Å². The fourth-order valence-corrected chi connectivity index (χ4v) is 7.48. The normalized spacial score (nSPS) is 25.7. The van der Waals surface area contributed by atoms with Crippen molar-refractivity contribution in [3.8, 4) is 17.1 Å². The number of likely N-dealkylation sites (N-methyl/N-ethyl adjacent to an activating group) is 1. The van der Waals surface area contributed by atoms with Crippen LogP contribution in [0.1, 0.15) is 43.2 Å². The molecule has 4 nitrogen and oxygen atoms in total. The van der Waals surface area contributed by atoms with E-state index in [0.29, 0.717) is 17.3 Å². The zero-order chi connectivity index (χ0) is 23.6. The highest BCUT2D eigenvalue weighted by Crippen LogP contribution is 2.55. The fourth-order valence-electron chi connectivity index (χ4n) is 7.48. The molecule has 3 aliphatic rings. The molecular formula is C31H31N3O. The highest BCUT2D eigenvalue weighted by molar-refractivity contribution is 5.80. The van der Waals surface area contributed by atoms with Crippen molar-refractivity contribution in [1.29, 1.82) is 0 Å². The van der Waals surface area contributed by atoms with E-state index in [4.69, 9.17) is 4.98 Å². The first-order chi connectivity index (χ1) is 17.2. The van der Waals surface area contributed by atoms with Gasteiger partial charge in [0, 0.05) is 17.0 Å². The maximum absolute atomic E-state index is 13.9. The molecule has 2 fully saturated rings. The first kappa shape index (κ1) is 21.1. The van der Waals surface area contributed by atoms with E-state index in [1.165, 1.54) is 43.2 Å². The second-order valence-corrected chi connectivity index (χ2v) is 10.8. The summed E-state index contributed by atoms with van der Waals surface area (Å²) in [5.41, 5.74) is 5.89. The van der Waals surface area contributed by atoms with Crippen LogP contribution in [0.4, 0.5) is 0 Å². The molecule has 1 unspecified atom stereocenters. The number of rotatable bonds is 2. The van der Waals surface area contributed by atoms with E-state index in [-0.39, 0.29) is 11.0 Å². The van der Waals surface area contributed by atoms with Crippen LogP contribution in [0.3, 0.4) is 0 Å². The number of hydrogen-bond acceptors (Lipinski definition) is 3. The lowest BCUT2D eigenvalue weighted by atomic mass is 9.52. The Hall–Kier alpha value is -3.24. The summed E-state index contributed by atoms with van der Waals surface area (Å²) in [4.78, 5) is 21.6. The number of benzene rings is 3. The molecule has 7 rings (SSSR count). The molecule has 0 spiro atoms. The molecule has 4 heteroatoms. The zero-order valence-electron chi connectivity index (χ0n) is 20.3. The molecule has 0 N–H and O–H groups in total. The summed E-state index contributed by atoms with van der Waals surface area (Å²) in [6.07, 6.45) is 7.59. The smallest absolute Gasteiger partial charge is 0.266 e. The minimum Gasteiger partial charge on any atom is -0.303 e. The standard InChI is InChI=1S/C31H31N3O/c1-33-18-17-31-16-8-7-12-25(31)28(33)19-22-14-15-23(20-26(22)31)34-29(21-9-3-2-4-10-21)32-27-13-6-5-11-24(27)30(34)35/h2-6,9-11,13-15,20,25,28H,7-8,12,16-19H2,1H3/t25?,28-,31-/m1/s1. The quantitative estimate of drug-likeness (QED) is 0.382. The van der Waals surface area contributed by atoms with E-state index >= 15 is 0 Å². The Labute approximate surface area is 206 Å². The van der Waals surface area contributed by atoms with Gasteiger partial charge in [-0.2, -0.15) is 0 Å². The summed E-state index contributed by atoms with van der Waals surface area (Å²) >= 11 is 0. The first-order valence-electron chi connectivity index (χ1n) is 13.1. The Morgan fingerprint density at radius 3 is 2.66 bits per heavy atom. The van der Waals surface area contributed by atoms with Crippen LogP contribution in [0.5, 0.6) is 0 Å². The third kappa shape index (κ3) is 3.09. The molecule has 2 aliphatic carbocycles. The molecule has 4 aromatic rings. The van der Waals surface area contributed by atoms with Gasteiger partial charge in [0.1, 0.15) is 5.82 Å². The van der Waals surface area contributed by atoms with E-state index in [2.05, 4.69) is 30.1 Å². The SMILES string of the molecule is CN1CC[C@]23CCCCC2[C@H]1Cc1ccc(-n2c(-c4ccccc4)nc4ccccc4c2=O)cc13. The molecule has 176 valence electrons. The predicted octanol–water partition coefficient (Wildman–Crippen LogP) is 5.74. The monoisotopic (exact) mass is 461 g/mol. The molecular weight excluding hydrogens is 430 g/mol. The Balaban J connectivity index is 1.48. The van der Waals surface area contributed by atoms with Gasteiger partial charge < -0.3 is 4.90 Å². The van der Waals surface area contributed by atoms with Gasteiger partial charge in [-0.1, -0.05) is 61.4 Å². The van der Waals surface area contributed by atoms with Gasteiger partial charge in [0.2, 0.25) is 0 Å². The highest BCUT2D eigenvalue weighted by atomic mass is 16.1. The lowest BCUT2D eigenvalue weighted by Gasteiger charge is -2.58. The number of nitrogens with zero attached hydrogens (tertiary/aromatic N) is 3. The molecule has 2 heterocycles. The van der Waals surface area contributed by atoms with Crippen LogP contribution < -0.4 is 5.56 Å². The molecule has 3 atom stereocenters. The summed E-state index contributed by atoms with van der Waals surface area (Å²) in [6, 6.07) is 25.3. The van der Waals surface area contributed by atoms with Crippen molar-refractivity contribution in [2.75, 3.05) is 13.6 Å². The Morgan fingerprint density at radius 1 is 0.943 bits per heavy atom. The zero-order valence-corrected chi connectivity index (χ0v) is 20.3. The minimum atomic E-state index is 0.00385. The first-order valence-corrected chi connectivity index (χ1v) is 13.1. The van der Waals surface area contributed by atoms with Gasteiger partial charge in [-0.15, -0.1) is 0 Å². The van der Waals surface area contributed by atoms with Crippen molar-refractivity contribution in [3.05, 3.63) is 94.3 Å². The van der Waals surface area contributed by atoms with Gasteiger partial charge in [0.05, 0.1) is 16.6 Å². The Kier molecular flexibility index (Phi) is 4.75. The van der Waals surface area contributed by atoms with Crippen molar-refractivity contribution in [2.24, 2.45) is 5.92 Å². The van der Waals surface area contributed by atoms with Crippen molar-refractivity contribution >= 4 is 10.9 Å². The molecule has 3 aromatic carbocycles. The van der Waals surface area contributed by atoms with E-state index in [0.717, 1.165) is 35.7 Å².